The Bertz CT molecular complexity index is 1130. The number of aromatic nitrogens is 1. The highest BCUT2D eigenvalue weighted by molar-refractivity contribution is 7.04. The Balaban J connectivity index is 2.01. The molecule has 1 heterocycles. The predicted molar refractivity (Wildman–Crippen MR) is 133 cm³/mol. The molecule has 3 N–H and O–H groups in total. The quantitative estimate of drug-likeness (QED) is 0.451. The fourth-order valence-electron chi connectivity index (χ4n) is 3.64. The number of carbonyl (C=O) groups is 1. The van der Waals surface area contributed by atoms with Crippen LogP contribution in [0, 0.1) is 12.8 Å². The van der Waals surface area contributed by atoms with Gasteiger partial charge in [-0.1, -0.05) is 26.3 Å². The maximum Gasteiger partial charge on any atom is 0.241 e. The van der Waals surface area contributed by atoms with Gasteiger partial charge in [-0.3, -0.25) is 4.79 Å². The van der Waals surface area contributed by atoms with Crippen molar-refractivity contribution < 1.29 is 19.0 Å². The number of carbonyl (C=O) groups excluding carboxylic acids is 1. The van der Waals surface area contributed by atoms with Crippen LogP contribution in [0.4, 0.5) is 5.69 Å². The maximum absolute atomic E-state index is 12.7. The van der Waals surface area contributed by atoms with Gasteiger partial charge < -0.3 is 25.3 Å². The molecule has 0 aliphatic rings. The monoisotopic (exact) mass is 469 g/mol. The predicted octanol–water partition coefficient (Wildman–Crippen LogP) is 5.12. The van der Waals surface area contributed by atoms with Crippen LogP contribution in [0.1, 0.15) is 25.8 Å². The molecule has 0 spiro atoms. The fraction of sp³-hybridized carbons (Fsp3) is 0.360. The molecule has 0 aliphatic carbocycles. The summed E-state index contributed by atoms with van der Waals surface area (Å²) in [6.45, 7) is 5.95. The van der Waals surface area contributed by atoms with E-state index in [2.05, 4.69) is 9.69 Å². The Morgan fingerprint density at radius 3 is 2.45 bits per heavy atom. The number of benzene rings is 2. The number of nitrogens with zero attached hydrogens (tertiary/aromatic N) is 1. The standard InChI is InChI=1S/C25H31N3O4S/c1-7-14(2)22(26)25(29)27-19-11-16(8-9-20(19)30-4)18-13-33-28-23(18)17-10-15(3)24(32-6)21(12-17)31-5/h8-14,22H,7,26H2,1-6H3,(H,27,29)/t14?,22-/m0/s1. The molecule has 3 aromatic rings. The van der Waals surface area contributed by atoms with Gasteiger partial charge in [-0.05, 0) is 59.8 Å². The fourth-order valence-corrected chi connectivity index (χ4v) is 4.36. The maximum atomic E-state index is 12.7. The number of nitrogens with two attached hydrogens (primary N) is 1. The minimum Gasteiger partial charge on any atom is -0.495 e. The molecule has 0 saturated carbocycles. The van der Waals surface area contributed by atoms with Crippen LogP contribution >= 0.6 is 11.5 Å². The van der Waals surface area contributed by atoms with E-state index in [0.29, 0.717) is 22.9 Å². The lowest BCUT2D eigenvalue weighted by Gasteiger charge is -2.19. The number of aryl methyl sites for hydroxylation is 1. The summed E-state index contributed by atoms with van der Waals surface area (Å²) in [5.74, 6) is 1.74. The normalized spacial score (nSPS) is 12.7. The molecule has 0 fully saturated rings. The molecule has 2 aromatic carbocycles. The zero-order valence-electron chi connectivity index (χ0n) is 19.9. The number of hydrogen-bond acceptors (Lipinski definition) is 7. The van der Waals surface area contributed by atoms with Crippen LogP contribution in [0.3, 0.4) is 0 Å². The first-order chi connectivity index (χ1) is 15.8. The van der Waals surface area contributed by atoms with E-state index in [4.69, 9.17) is 19.9 Å². The van der Waals surface area contributed by atoms with Crippen LogP contribution in [0.25, 0.3) is 22.4 Å². The summed E-state index contributed by atoms with van der Waals surface area (Å²) in [6, 6.07) is 9.02. The third-order valence-electron chi connectivity index (χ3n) is 5.84. The molecule has 0 radical (unpaired) electrons. The Kier molecular flexibility index (Phi) is 7.94. The van der Waals surface area contributed by atoms with E-state index >= 15 is 0 Å². The van der Waals surface area contributed by atoms with Gasteiger partial charge in [0.25, 0.3) is 0 Å². The molecule has 33 heavy (non-hydrogen) atoms. The van der Waals surface area contributed by atoms with Crippen molar-refractivity contribution in [2.45, 2.75) is 33.2 Å². The van der Waals surface area contributed by atoms with Crippen molar-refractivity contribution >= 4 is 23.1 Å². The van der Waals surface area contributed by atoms with E-state index in [9.17, 15) is 4.79 Å². The first-order valence-corrected chi connectivity index (χ1v) is 11.6. The summed E-state index contributed by atoms with van der Waals surface area (Å²) in [5.41, 5.74) is 11.2. The number of rotatable bonds is 9. The van der Waals surface area contributed by atoms with Gasteiger partial charge in [0.05, 0.1) is 38.8 Å². The largest absolute Gasteiger partial charge is 0.495 e. The van der Waals surface area contributed by atoms with E-state index in [1.807, 2.05) is 56.5 Å². The van der Waals surface area contributed by atoms with Crippen molar-refractivity contribution in [3.05, 3.63) is 41.3 Å². The number of methoxy groups -OCH3 is 3. The summed E-state index contributed by atoms with van der Waals surface area (Å²) >= 11 is 1.37. The lowest BCUT2D eigenvalue weighted by Crippen LogP contribution is -2.40. The summed E-state index contributed by atoms with van der Waals surface area (Å²) in [4.78, 5) is 12.7. The molecule has 1 amide bonds. The number of nitrogens with one attached hydrogen (secondary N) is 1. The Morgan fingerprint density at radius 1 is 1.09 bits per heavy atom. The molecule has 1 aromatic heterocycles. The minimum atomic E-state index is -0.600. The smallest absolute Gasteiger partial charge is 0.241 e. The molecule has 2 atom stereocenters. The topological polar surface area (TPSA) is 95.7 Å². The molecule has 176 valence electrons. The second-order valence-electron chi connectivity index (χ2n) is 7.92. The van der Waals surface area contributed by atoms with Gasteiger partial charge >= 0.3 is 0 Å². The van der Waals surface area contributed by atoms with Gasteiger partial charge in [0.2, 0.25) is 5.91 Å². The Labute approximate surface area is 199 Å². The van der Waals surface area contributed by atoms with Crippen molar-refractivity contribution in [3.8, 4) is 39.6 Å². The summed E-state index contributed by atoms with van der Waals surface area (Å²) < 4.78 is 21.1. The SMILES string of the molecule is CCC(C)[C@H](N)C(=O)Nc1cc(-c2csnc2-c2cc(C)c(OC)c(OC)c2)ccc1OC. The van der Waals surface area contributed by atoms with Gasteiger partial charge in [0.1, 0.15) is 5.75 Å². The number of amides is 1. The van der Waals surface area contributed by atoms with E-state index in [-0.39, 0.29) is 11.8 Å². The second kappa shape index (κ2) is 10.7. The molecule has 7 nitrogen and oxygen atoms in total. The van der Waals surface area contributed by atoms with Gasteiger partial charge in [-0.15, -0.1) is 0 Å². The molecular formula is C25H31N3O4S. The highest BCUT2D eigenvalue weighted by atomic mass is 32.1. The lowest BCUT2D eigenvalue weighted by molar-refractivity contribution is -0.118. The third kappa shape index (κ3) is 5.12. The average molecular weight is 470 g/mol. The van der Waals surface area contributed by atoms with Crippen LogP contribution in [-0.2, 0) is 4.79 Å². The van der Waals surface area contributed by atoms with Gasteiger partial charge in [-0.2, -0.15) is 4.37 Å². The van der Waals surface area contributed by atoms with Crippen molar-refractivity contribution in [3.63, 3.8) is 0 Å². The van der Waals surface area contributed by atoms with Crippen LogP contribution in [0.5, 0.6) is 17.2 Å². The van der Waals surface area contributed by atoms with E-state index in [0.717, 1.165) is 34.4 Å². The van der Waals surface area contributed by atoms with Crippen LogP contribution in [-0.4, -0.2) is 37.7 Å². The number of anilines is 1. The van der Waals surface area contributed by atoms with E-state index in [1.54, 1.807) is 21.3 Å². The minimum absolute atomic E-state index is 0.0696. The van der Waals surface area contributed by atoms with Crippen molar-refractivity contribution in [2.75, 3.05) is 26.6 Å². The van der Waals surface area contributed by atoms with E-state index < -0.39 is 6.04 Å². The molecule has 0 aliphatic heterocycles. The van der Waals surface area contributed by atoms with Gasteiger partial charge in [-0.25, -0.2) is 0 Å². The van der Waals surface area contributed by atoms with Crippen molar-refractivity contribution in [1.29, 1.82) is 0 Å². The first kappa shape index (κ1) is 24.5. The zero-order chi connectivity index (χ0) is 24.1. The summed E-state index contributed by atoms with van der Waals surface area (Å²) in [6.07, 6.45) is 0.820. The number of ether oxygens (including phenoxy) is 3. The zero-order valence-corrected chi connectivity index (χ0v) is 20.7. The lowest BCUT2D eigenvalue weighted by atomic mass is 9.98. The molecule has 8 heteroatoms. The second-order valence-corrected chi connectivity index (χ2v) is 8.55. The van der Waals surface area contributed by atoms with Crippen LogP contribution in [0.2, 0.25) is 0 Å². The summed E-state index contributed by atoms with van der Waals surface area (Å²) in [5, 5.41) is 4.92. The molecule has 0 saturated heterocycles. The van der Waals surface area contributed by atoms with Crippen LogP contribution in [0.15, 0.2) is 35.7 Å². The highest BCUT2D eigenvalue weighted by Gasteiger charge is 2.22. The van der Waals surface area contributed by atoms with Gasteiger partial charge in [0.15, 0.2) is 11.5 Å². The Hall–Kier alpha value is -3.10. The van der Waals surface area contributed by atoms with Crippen LogP contribution < -0.4 is 25.3 Å². The van der Waals surface area contributed by atoms with E-state index in [1.165, 1.54) is 11.5 Å². The highest BCUT2D eigenvalue weighted by Crippen LogP contribution is 2.41. The molecule has 1 unspecified atom stereocenters. The third-order valence-corrected chi connectivity index (χ3v) is 6.46. The number of hydrogen-bond donors (Lipinski definition) is 2. The van der Waals surface area contributed by atoms with Crippen molar-refractivity contribution in [2.24, 2.45) is 11.7 Å². The Morgan fingerprint density at radius 2 is 1.82 bits per heavy atom. The molecular weight excluding hydrogens is 438 g/mol. The first-order valence-electron chi connectivity index (χ1n) is 10.8. The summed E-state index contributed by atoms with van der Waals surface area (Å²) in [7, 11) is 4.81. The average Bonchev–Trinajstić information content (AvgIpc) is 3.32. The molecule has 3 rings (SSSR count). The van der Waals surface area contributed by atoms with Crippen molar-refractivity contribution in [1.82, 2.24) is 4.37 Å². The molecule has 0 bridgehead atoms. The van der Waals surface area contributed by atoms with Gasteiger partial charge in [0, 0.05) is 16.5 Å².